The minimum Gasteiger partial charge on any atom is -0.459 e. The standard InChI is InChI=1S/C19H19N3O3S/c1-13-20-15-12-14(5-6-17(15)26-13)18(23)21-7-3-8-22(10-9-21)19(24)16-4-2-11-25-16/h2,4-6,11-12H,3,7-10H2,1H3. The molecule has 3 aromatic rings. The summed E-state index contributed by atoms with van der Waals surface area (Å²) < 4.78 is 6.29. The van der Waals surface area contributed by atoms with Gasteiger partial charge in [-0.25, -0.2) is 4.98 Å². The van der Waals surface area contributed by atoms with E-state index >= 15 is 0 Å². The second-order valence-corrected chi connectivity index (χ2v) is 7.57. The van der Waals surface area contributed by atoms with Gasteiger partial charge in [-0.1, -0.05) is 0 Å². The molecule has 1 aliphatic rings. The first-order chi connectivity index (χ1) is 12.6. The first kappa shape index (κ1) is 16.8. The third-order valence-electron chi connectivity index (χ3n) is 4.54. The third kappa shape index (κ3) is 3.22. The molecule has 0 bridgehead atoms. The molecule has 26 heavy (non-hydrogen) atoms. The monoisotopic (exact) mass is 369 g/mol. The quantitative estimate of drug-likeness (QED) is 0.696. The highest BCUT2D eigenvalue weighted by molar-refractivity contribution is 7.18. The highest BCUT2D eigenvalue weighted by Gasteiger charge is 2.24. The normalized spacial score (nSPS) is 15.3. The van der Waals surface area contributed by atoms with Crippen molar-refractivity contribution < 1.29 is 14.0 Å². The summed E-state index contributed by atoms with van der Waals surface area (Å²) in [4.78, 5) is 33.4. The summed E-state index contributed by atoms with van der Waals surface area (Å²) in [5, 5.41) is 0.992. The Kier molecular flexibility index (Phi) is 4.46. The van der Waals surface area contributed by atoms with Crippen molar-refractivity contribution in [2.75, 3.05) is 26.2 Å². The molecule has 2 amide bonds. The van der Waals surface area contributed by atoms with Crippen LogP contribution in [0, 0.1) is 6.92 Å². The van der Waals surface area contributed by atoms with Crippen molar-refractivity contribution in [3.63, 3.8) is 0 Å². The fourth-order valence-electron chi connectivity index (χ4n) is 3.24. The molecule has 1 saturated heterocycles. The molecule has 1 aromatic carbocycles. The van der Waals surface area contributed by atoms with E-state index in [4.69, 9.17) is 4.42 Å². The van der Waals surface area contributed by atoms with Crippen molar-refractivity contribution in [1.82, 2.24) is 14.8 Å². The molecule has 1 aliphatic heterocycles. The molecule has 3 heterocycles. The Morgan fingerprint density at radius 2 is 1.85 bits per heavy atom. The summed E-state index contributed by atoms with van der Waals surface area (Å²) in [7, 11) is 0. The zero-order valence-corrected chi connectivity index (χ0v) is 15.3. The number of nitrogens with zero attached hydrogens (tertiary/aromatic N) is 3. The maximum atomic E-state index is 12.9. The van der Waals surface area contributed by atoms with Gasteiger partial charge in [0.1, 0.15) is 0 Å². The molecule has 7 heteroatoms. The molecule has 2 aromatic heterocycles. The number of aromatic nitrogens is 1. The molecule has 0 spiro atoms. The van der Waals surface area contributed by atoms with Gasteiger partial charge in [0.05, 0.1) is 21.5 Å². The summed E-state index contributed by atoms with van der Waals surface area (Å²) in [6, 6.07) is 9.05. The van der Waals surface area contributed by atoms with E-state index in [1.807, 2.05) is 30.0 Å². The van der Waals surface area contributed by atoms with Gasteiger partial charge in [0.15, 0.2) is 5.76 Å². The number of aryl methyl sites for hydroxylation is 1. The first-order valence-electron chi connectivity index (χ1n) is 8.61. The fraction of sp³-hybridized carbons (Fsp3) is 0.316. The SMILES string of the molecule is Cc1nc2cc(C(=O)N3CCCN(C(=O)c4ccco4)CC3)ccc2s1. The Morgan fingerprint density at radius 3 is 2.58 bits per heavy atom. The molecule has 6 nitrogen and oxygen atoms in total. The topological polar surface area (TPSA) is 66.7 Å². The molecule has 0 saturated carbocycles. The van der Waals surface area contributed by atoms with Crippen LogP contribution in [0.25, 0.3) is 10.2 Å². The Bertz CT molecular complexity index is 948. The van der Waals surface area contributed by atoms with E-state index in [2.05, 4.69) is 4.98 Å². The Labute approximate surface area is 155 Å². The second-order valence-electron chi connectivity index (χ2n) is 6.33. The van der Waals surface area contributed by atoms with E-state index in [0.29, 0.717) is 37.5 Å². The average molecular weight is 369 g/mol. The molecule has 0 aliphatic carbocycles. The molecule has 4 rings (SSSR count). The largest absolute Gasteiger partial charge is 0.459 e. The summed E-state index contributed by atoms with van der Waals surface area (Å²) in [6.45, 7) is 4.23. The van der Waals surface area contributed by atoms with Crippen molar-refractivity contribution in [1.29, 1.82) is 0 Å². The van der Waals surface area contributed by atoms with Crippen molar-refractivity contribution >= 4 is 33.4 Å². The number of hydrogen-bond donors (Lipinski definition) is 0. The van der Waals surface area contributed by atoms with Gasteiger partial charge in [-0.3, -0.25) is 9.59 Å². The lowest BCUT2D eigenvalue weighted by Gasteiger charge is -2.21. The predicted octanol–water partition coefficient (Wildman–Crippen LogP) is 3.19. The minimum absolute atomic E-state index is 0.00940. The van der Waals surface area contributed by atoms with E-state index in [1.165, 1.54) is 6.26 Å². The van der Waals surface area contributed by atoms with E-state index in [1.54, 1.807) is 28.4 Å². The molecule has 0 N–H and O–H groups in total. The van der Waals surface area contributed by atoms with Crippen molar-refractivity contribution in [2.24, 2.45) is 0 Å². The van der Waals surface area contributed by atoms with Gasteiger partial charge in [-0.15, -0.1) is 11.3 Å². The van der Waals surface area contributed by atoms with Gasteiger partial charge in [0.2, 0.25) is 0 Å². The molecule has 134 valence electrons. The maximum absolute atomic E-state index is 12.9. The number of benzene rings is 1. The Balaban J connectivity index is 1.47. The van der Waals surface area contributed by atoms with Gasteiger partial charge >= 0.3 is 0 Å². The van der Waals surface area contributed by atoms with Crippen LogP contribution in [-0.2, 0) is 0 Å². The van der Waals surface area contributed by atoms with Crippen molar-refractivity contribution in [2.45, 2.75) is 13.3 Å². The van der Waals surface area contributed by atoms with Gasteiger partial charge in [-0.2, -0.15) is 0 Å². The van der Waals surface area contributed by atoms with E-state index in [-0.39, 0.29) is 11.8 Å². The number of carbonyl (C=O) groups excluding carboxylic acids is 2. The van der Waals surface area contributed by atoms with Crippen LogP contribution < -0.4 is 0 Å². The first-order valence-corrected chi connectivity index (χ1v) is 9.43. The van der Waals surface area contributed by atoms with Crippen LogP contribution >= 0.6 is 11.3 Å². The molecule has 0 unspecified atom stereocenters. The van der Waals surface area contributed by atoms with Crippen molar-refractivity contribution in [3.8, 4) is 0 Å². The third-order valence-corrected chi connectivity index (χ3v) is 5.50. The lowest BCUT2D eigenvalue weighted by atomic mass is 10.2. The highest BCUT2D eigenvalue weighted by Crippen LogP contribution is 2.23. The van der Waals surface area contributed by atoms with Crippen LogP contribution in [0.1, 0.15) is 32.3 Å². The molecule has 1 fully saturated rings. The Morgan fingerprint density at radius 1 is 1.08 bits per heavy atom. The fourth-order valence-corrected chi connectivity index (χ4v) is 4.05. The predicted molar refractivity (Wildman–Crippen MR) is 99.5 cm³/mol. The number of rotatable bonds is 2. The zero-order chi connectivity index (χ0) is 18.1. The Hall–Kier alpha value is -2.67. The summed E-state index contributed by atoms with van der Waals surface area (Å²) in [6.07, 6.45) is 2.24. The number of amides is 2. The van der Waals surface area contributed by atoms with Gasteiger partial charge < -0.3 is 14.2 Å². The maximum Gasteiger partial charge on any atom is 0.289 e. The lowest BCUT2D eigenvalue weighted by Crippen LogP contribution is -2.37. The summed E-state index contributed by atoms with van der Waals surface area (Å²) in [5.74, 6) is 0.211. The van der Waals surface area contributed by atoms with E-state index < -0.39 is 0 Å². The number of thiazole rings is 1. The van der Waals surface area contributed by atoms with Gasteiger partial charge in [-0.05, 0) is 43.7 Å². The van der Waals surface area contributed by atoms with Gasteiger partial charge in [0, 0.05) is 31.7 Å². The van der Waals surface area contributed by atoms with E-state index in [0.717, 1.165) is 21.6 Å². The van der Waals surface area contributed by atoms with Crippen LogP contribution in [0.2, 0.25) is 0 Å². The smallest absolute Gasteiger partial charge is 0.289 e. The highest BCUT2D eigenvalue weighted by atomic mass is 32.1. The van der Waals surface area contributed by atoms with Crippen molar-refractivity contribution in [3.05, 3.63) is 52.9 Å². The number of furan rings is 1. The summed E-state index contributed by atoms with van der Waals surface area (Å²) in [5.41, 5.74) is 1.51. The van der Waals surface area contributed by atoms with Gasteiger partial charge in [0.25, 0.3) is 11.8 Å². The number of fused-ring (bicyclic) bond motifs is 1. The van der Waals surface area contributed by atoms with Crippen LogP contribution in [0.3, 0.4) is 0 Å². The second kappa shape index (κ2) is 6.92. The molecule has 0 radical (unpaired) electrons. The zero-order valence-electron chi connectivity index (χ0n) is 14.5. The molecule has 0 atom stereocenters. The van der Waals surface area contributed by atoms with Crippen LogP contribution in [-0.4, -0.2) is 52.8 Å². The van der Waals surface area contributed by atoms with Crippen LogP contribution in [0.15, 0.2) is 41.0 Å². The average Bonchev–Trinajstić information content (AvgIpc) is 3.23. The lowest BCUT2D eigenvalue weighted by molar-refractivity contribution is 0.0700. The van der Waals surface area contributed by atoms with E-state index in [9.17, 15) is 9.59 Å². The number of carbonyl (C=O) groups is 2. The minimum atomic E-state index is -0.122. The van der Waals surface area contributed by atoms with Crippen LogP contribution in [0.5, 0.6) is 0 Å². The number of hydrogen-bond acceptors (Lipinski definition) is 5. The molecular formula is C19H19N3O3S. The summed E-state index contributed by atoms with van der Waals surface area (Å²) >= 11 is 1.62. The molecular weight excluding hydrogens is 350 g/mol. The van der Waals surface area contributed by atoms with Crippen LogP contribution in [0.4, 0.5) is 0 Å².